The van der Waals surface area contributed by atoms with E-state index >= 15 is 0 Å². The summed E-state index contributed by atoms with van der Waals surface area (Å²) in [5, 5.41) is -6.97. The molecule has 0 aromatic heterocycles. The van der Waals surface area contributed by atoms with Gasteiger partial charge in [0.05, 0.1) is 17.4 Å². The highest BCUT2D eigenvalue weighted by atomic mass is 32.2. The zero-order valence-electron chi connectivity index (χ0n) is 15.7. The molecule has 2 amide bonds. The molecule has 3 rings (SSSR count). The smallest absolute Gasteiger partial charge is 0.311 e. The molecular formula is C16H17F6NO6S. The predicted octanol–water partition coefficient (Wildman–Crippen LogP) is 2.69. The maximum absolute atomic E-state index is 14.8. The van der Waals surface area contributed by atoms with E-state index < -0.39 is 73.6 Å². The third-order valence-electron chi connectivity index (χ3n) is 5.12. The molecule has 2 bridgehead atoms. The Labute approximate surface area is 167 Å². The van der Waals surface area contributed by atoms with Gasteiger partial charge < -0.3 is 4.74 Å². The number of alkyl halides is 6. The van der Waals surface area contributed by atoms with Gasteiger partial charge in [-0.25, -0.2) is 4.39 Å². The van der Waals surface area contributed by atoms with Gasteiger partial charge in [0.1, 0.15) is 0 Å². The molecule has 2 fully saturated rings. The van der Waals surface area contributed by atoms with Crippen LogP contribution >= 0.6 is 0 Å². The Balaban J connectivity index is 1.98. The first-order valence-electron chi connectivity index (χ1n) is 8.68. The molecule has 2 aliphatic carbocycles. The topological polar surface area (TPSA) is 90.0 Å². The molecule has 5 unspecified atom stereocenters. The van der Waals surface area contributed by atoms with Crippen LogP contribution in [0.3, 0.4) is 0 Å². The number of hydrogen-bond donors (Lipinski definition) is 0. The molecular weight excluding hydrogens is 448 g/mol. The summed E-state index contributed by atoms with van der Waals surface area (Å²) < 4.78 is 115. The Kier molecular flexibility index (Phi) is 4.92. The van der Waals surface area contributed by atoms with Gasteiger partial charge in [-0.3, -0.25) is 9.59 Å². The number of nitrogens with zero attached hydrogens (tertiary/aromatic N) is 1. The van der Waals surface area contributed by atoms with Gasteiger partial charge in [0.15, 0.2) is 0 Å². The van der Waals surface area contributed by atoms with Gasteiger partial charge in [-0.15, -0.1) is 9.35 Å². The first-order chi connectivity index (χ1) is 13.3. The number of ether oxygens (including phenoxy) is 1. The van der Waals surface area contributed by atoms with Crippen molar-refractivity contribution >= 4 is 21.9 Å². The van der Waals surface area contributed by atoms with Crippen molar-refractivity contribution < 1.29 is 53.4 Å². The molecule has 1 saturated heterocycles. The van der Waals surface area contributed by atoms with Crippen LogP contribution in [0.25, 0.3) is 0 Å². The summed E-state index contributed by atoms with van der Waals surface area (Å²) in [7, 11) is -7.01. The first-order valence-corrected chi connectivity index (χ1v) is 10.1. The highest BCUT2D eigenvalue weighted by molar-refractivity contribution is 7.88. The zero-order valence-corrected chi connectivity index (χ0v) is 16.6. The van der Waals surface area contributed by atoms with E-state index in [-0.39, 0.29) is 0 Å². The maximum Gasteiger partial charge on any atom is 0.449 e. The number of imide groups is 1. The third kappa shape index (κ3) is 3.14. The van der Waals surface area contributed by atoms with Crippen LogP contribution in [0, 0.1) is 23.7 Å². The van der Waals surface area contributed by atoms with Crippen LogP contribution in [0.2, 0.25) is 0 Å². The second-order valence-corrected chi connectivity index (χ2v) is 9.94. The largest absolute Gasteiger partial charge is 0.449 e. The average molecular weight is 465 g/mol. The summed E-state index contributed by atoms with van der Waals surface area (Å²) >= 11 is 0. The summed E-state index contributed by atoms with van der Waals surface area (Å²) in [6.45, 7) is 2.51. The molecule has 5 atom stereocenters. The van der Waals surface area contributed by atoms with Crippen molar-refractivity contribution in [3.63, 3.8) is 0 Å². The second-order valence-electron chi connectivity index (χ2n) is 8.32. The van der Waals surface area contributed by atoms with Gasteiger partial charge in [-0.05, 0) is 39.0 Å². The lowest BCUT2D eigenvalue weighted by atomic mass is 9.85. The molecule has 0 spiro atoms. The summed E-state index contributed by atoms with van der Waals surface area (Å²) in [6, 6.07) is 0. The van der Waals surface area contributed by atoms with Crippen molar-refractivity contribution in [3.05, 3.63) is 12.2 Å². The number of halogens is 6. The van der Waals surface area contributed by atoms with E-state index in [1.165, 1.54) is 0 Å². The van der Waals surface area contributed by atoms with Crippen molar-refractivity contribution in [3.8, 4) is 0 Å². The fraction of sp³-hybridized carbons (Fsp3) is 0.750. The minimum atomic E-state index is -7.01. The summed E-state index contributed by atoms with van der Waals surface area (Å²) in [5.74, 6) is -5.89. The summed E-state index contributed by atoms with van der Waals surface area (Å²) in [4.78, 5) is 24.8. The Hall–Kier alpha value is -1.67. The lowest BCUT2D eigenvalue weighted by Crippen LogP contribution is -2.64. The van der Waals surface area contributed by atoms with Crippen LogP contribution in [0.15, 0.2) is 12.2 Å². The predicted molar refractivity (Wildman–Crippen MR) is 85.3 cm³/mol. The van der Waals surface area contributed by atoms with Gasteiger partial charge in [-0.2, -0.15) is 30.4 Å². The lowest BCUT2D eigenvalue weighted by Gasteiger charge is -2.36. The van der Waals surface area contributed by atoms with Crippen molar-refractivity contribution in [1.29, 1.82) is 0 Å². The van der Waals surface area contributed by atoms with Crippen molar-refractivity contribution in [2.24, 2.45) is 23.7 Å². The Morgan fingerprint density at radius 2 is 1.37 bits per heavy atom. The molecule has 14 heteroatoms. The van der Waals surface area contributed by atoms with E-state index in [1.54, 1.807) is 12.2 Å². The van der Waals surface area contributed by atoms with Gasteiger partial charge in [0.2, 0.25) is 0 Å². The lowest BCUT2D eigenvalue weighted by molar-refractivity contribution is -0.376. The van der Waals surface area contributed by atoms with E-state index in [0.29, 0.717) is 6.42 Å². The van der Waals surface area contributed by atoms with Crippen LogP contribution < -0.4 is 0 Å². The molecule has 3 aliphatic rings. The molecule has 1 heterocycles. The van der Waals surface area contributed by atoms with Crippen molar-refractivity contribution in [1.82, 2.24) is 5.06 Å². The molecule has 0 aromatic rings. The molecule has 170 valence electrons. The minimum Gasteiger partial charge on any atom is -0.311 e. The molecule has 0 N–H and O–H groups in total. The van der Waals surface area contributed by atoms with Crippen molar-refractivity contribution in [2.45, 2.75) is 50.1 Å². The number of hydroxylamine groups is 2. The highest BCUT2D eigenvalue weighted by Gasteiger charge is 2.83. The zero-order chi connectivity index (χ0) is 23.1. The van der Waals surface area contributed by atoms with Crippen LogP contribution in [0.1, 0.15) is 27.2 Å². The number of hydrogen-bond acceptors (Lipinski definition) is 6. The first kappa shape index (κ1) is 23.0. The van der Waals surface area contributed by atoms with E-state index in [4.69, 9.17) is 0 Å². The van der Waals surface area contributed by atoms with Crippen LogP contribution in [-0.4, -0.2) is 48.2 Å². The monoisotopic (exact) mass is 465 g/mol. The third-order valence-corrected chi connectivity index (χ3v) is 6.62. The van der Waals surface area contributed by atoms with Gasteiger partial charge in [0.25, 0.3) is 11.8 Å². The summed E-state index contributed by atoms with van der Waals surface area (Å²) in [6.07, 6.45) is -9.18. The van der Waals surface area contributed by atoms with Crippen LogP contribution in [0.4, 0.5) is 26.3 Å². The van der Waals surface area contributed by atoms with Crippen LogP contribution in [0.5, 0.6) is 0 Å². The fourth-order valence-corrected chi connectivity index (χ4v) is 5.06. The van der Waals surface area contributed by atoms with Crippen LogP contribution in [-0.2, 0) is 28.7 Å². The molecule has 30 heavy (non-hydrogen) atoms. The van der Waals surface area contributed by atoms with Crippen molar-refractivity contribution in [2.75, 3.05) is 0 Å². The minimum absolute atomic E-state index is 0.389. The van der Waals surface area contributed by atoms with Gasteiger partial charge in [0, 0.05) is 0 Å². The van der Waals surface area contributed by atoms with E-state index in [2.05, 4.69) is 9.02 Å². The molecule has 0 aromatic carbocycles. The Morgan fingerprint density at radius 3 is 1.73 bits per heavy atom. The molecule has 7 nitrogen and oxygen atoms in total. The quantitative estimate of drug-likeness (QED) is 0.352. The number of rotatable bonds is 5. The fourth-order valence-electron chi connectivity index (χ4n) is 4.00. The number of carbonyl (C=O) groups is 2. The number of carbonyl (C=O) groups excluding carboxylic acids is 2. The standard InChI is InChI=1S/C16H17F6NO6S/c1-13(2,3)28-16(21,22)14(17,15(18,19)20)30(26,27)29-23-11(24)9-7-4-5-8(6-7)10(9)12(23)25/h4-5,7-10H,6H2,1-3H3. The van der Waals surface area contributed by atoms with Gasteiger partial charge >= 0.3 is 27.4 Å². The number of fused-ring (bicyclic) bond motifs is 5. The van der Waals surface area contributed by atoms with E-state index in [1.807, 2.05) is 0 Å². The second kappa shape index (κ2) is 6.42. The Morgan fingerprint density at radius 1 is 0.933 bits per heavy atom. The SMILES string of the molecule is CC(C)(C)OC(F)(F)C(F)(C(F)(F)F)S(=O)(=O)ON1C(=O)C2C3C=CC(C3)C2C1=O. The maximum atomic E-state index is 14.8. The average Bonchev–Trinajstić information content (AvgIpc) is 3.20. The normalized spacial score (nSPS) is 31.4. The highest BCUT2D eigenvalue weighted by Crippen LogP contribution is 2.55. The molecule has 1 aliphatic heterocycles. The van der Waals surface area contributed by atoms with Gasteiger partial charge in [-0.1, -0.05) is 12.2 Å². The number of amides is 2. The molecule has 1 saturated carbocycles. The molecule has 0 radical (unpaired) electrons. The van der Waals surface area contributed by atoms with E-state index in [9.17, 15) is 44.3 Å². The number of allylic oxidation sites excluding steroid dienone is 2. The summed E-state index contributed by atoms with van der Waals surface area (Å²) in [5.41, 5.74) is -2.11. The Bertz CT molecular complexity index is 880. The van der Waals surface area contributed by atoms with E-state index in [0.717, 1.165) is 20.8 Å².